The van der Waals surface area contributed by atoms with Gasteiger partial charge in [-0.25, -0.2) is 9.97 Å². The molecule has 1 aromatic carbocycles. The number of nitrogens with zero attached hydrogens (tertiary/aromatic N) is 2. The van der Waals surface area contributed by atoms with E-state index >= 15 is 0 Å². The van der Waals surface area contributed by atoms with Crippen LogP contribution in [0, 0.1) is 6.92 Å². The molecule has 25 heavy (non-hydrogen) atoms. The van der Waals surface area contributed by atoms with Crippen LogP contribution in [0.15, 0.2) is 48.7 Å². The summed E-state index contributed by atoms with van der Waals surface area (Å²) in [6.45, 7) is 3.78. The lowest BCUT2D eigenvalue weighted by atomic mass is 10.1. The first-order chi connectivity index (χ1) is 12.0. The molecule has 128 valence electrons. The Morgan fingerprint density at radius 2 is 1.96 bits per heavy atom. The lowest BCUT2D eigenvalue weighted by Gasteiger charge is -2.13. The second-order valence-corrected chi connectivity index (χ2v) is 6.96. The molecule has 0 aliphatic rings. The number of thiazole rings is 1. The molecule has 0 aliphatic carbocycles. The number of benzene rings is 1. The molecule has 0 spiro atoms. The zero-order valence-electron chi connectivity index (χ0n) is 13.8. The van der Waals surface area contributed by atoms with E-state index in [1.54, 1.807) is 18.3 Å². The number of amides is 1. The van der Waals surface area contributed by atoms with Crippen LogP contribution in [0.1, 0.15) is 33.9 Å². The summed E-state index contributed by atoms with van der Waals surface area (Å²) in [4.78, 5) is 21.7. The number of pyridine rings is 1. The molecule has 0 unspecified atom stereocenters. The van der Waals surface area contributed by atoms with E-state index in [1.165, 1.54) is 11.3 Å². The van der Waals surface area contributed by atoms with Crippen LogP contribution in [0.2, 0.25) is 5.02 Å². The molecule has 0 saturated heterocycles. The maximum atomic E-state index is 12.6. The molecule has 0 radical (unpaired) electrons. The van der Waals surface area contributed by atoms with Gasteiger partial charge in [0.25, 0.3) is 5.91 Å². The number of carbonyl (C=O) groups excluding carboxylic acids is 1. The highest BCUT2D eigenvalue weighted by atomic mass is 35.5. The van der Waals surface area contributed by atoms with Gasteiger partial charge in [-0.15, -0.1) is 0 Å². The molecule has 2 aromatic heterocycles. The van der Waals surface area contributed by atoms with Gasteiger partial charge in [0.05, 0.1) is 16.8 Å². The number of rotatable bonds is 5. The van der Waals surface area contributed by atoms with Crippen LogP contribution in [-0.2, 0) is 0 Å². The lowest BCUT2D eigenvalue weighted by Crippen LogP contribution is -2.26. The van der Waals surface area contributed by atoms with E-state index in [0.717, 1.165) is 5.56 Å². The van der Waals surface area contributed by atoms with Crippen LogP contribution in [0.25, 0.3) is 0 Å². The zero-order chi connectivity index (χ0) is 17.8. The predicted molar refractivity (Wildman–Crippen MR) is 102 cm³/mol. The minimum absolute atomic E-state index is 0.0791. The summed E-state index contributed by atoms with van der Waals surface area (Å²) in [6, 6.07) is 13.3. The molecule has 0 fully saturated rings. The minimum atomic E-state index is -0.136. The van der Waals surface area contributed by atoms with E-state index in [1.807, 2.05) is 44.2 Å². The van der Waals surface area contributed by atoms with Gasteiger partial charge in [0.1, 0.15) is 10.7 Å². The topological polar surface area (TPSA) is 66.9 Å². The highest BCUT2D eigenvalue weighted by molar-refractivity contribution is 7.17. The summed E-state index contributed by atoms with van der Waals surface area (Å²) < 4.78 is 0. The van der Waals surface area contributed by atoms with E-state index in [0.29, 0.717) is 26.5 Å². The van der Waals surface area contributed by atoms with E-state index in [2.05, 4.69) is 20.6 Å². The monoisotopic (exact) mass is 372 g/mol. The Hall–Kier alpha value is -2.44. The molecule has 2 heterocycles. The van der Waals surface area contributed by atoms with Crippen molar-refractivity contribution in [3.8, 4) is 0 Å². The summed E-state index contributed by atoms with van der Waals surface area (Å²) in [5.41, 5.74) is 1.74. The van der Waals surface area contributed by atoms with Crippen molar-refractivity contribution >= 4 is 39.8 Å². The van der Waals surface area contributed by atoms with Gasteiger partial charge in [-0.05, 0) is 31.5 Å². The van der Waals surface area contributed by atoms with Crippen molar-refractivity contribution in [3.05, 3.63) is 69.8 Å². The molecule has 0 saturated carbocycles. The van der Waals surface area contributed by atoms with Gasteiger partial charge in [-0.3, -0.25) is 4.79 Å². The van der Waals surface area contributed by atoms with Crippen molar-refractivity contribution in [3.63, 3.8) is 0 Å². The summed E-state index contributed by atoms with van der Waals surface area (Å²) in [7, 11) is 0. The third-order valence-corrected chi connectivity index (χ3v) is 4.91. The van der Waals surface area contributed by atoms with Crippen LogP contribution >= 0.6 is 22.9 Å². The Morgan fingerprint density at radius 1 is 1.20 bits per heavy atom. The molecular weight excluding hydrogens is 356 g/mol. The van der Waals surface area contributed by atoms with Crippen molar-refractivity contribution in [2.75, 3.05) is 5.32 Å². The number of hydrogen-bond acceptors (Lipinski definition) is 5. The van der Waals surface area contributed by atoms with Crippen LogP contribution in [0.4, 0.5) is 10.9 Å². The fourth-order valence-corrected chi connectivity index (χ4v) is 3.30. The molecular formula is C18H17ClN4OS. The number of nitrogens with one attached hydrogen (secondary N) is 2. The molecule has 1 amide bonds. The van der Waals surface area contributed by atoms with Crippen molar-refractivity contribution in [2.24, 2.45) is 0 Å². The maximum Gasteiger partial charge on any atom is 0.263 e. The second kappa shape index (κ2) is 7.63. The quantitative estimate of drug-likeness (QED) is 0.679. The number of anilines is 2. The smallest absolute Gasteiger partial charge is 0.263 e. The summed E-state index contributed by atoms with van der Waals surface area (Å²) in [5, 5.41) is 7.28. The Bertz CT molecular complexity index is 865. The SMILES string of the molecule is Cc1nc(Nc2ccc(Cl)cn2)sc1C(=O)N[C@@H](C)c1ccccc1. The van der Waals surface area contributed by atoms with Crippen molar-refractivity contribution in [1.29, 1.82) is 0 Å². The van der Waals surface area contributed by atoms with Gasteiger partial charge in [-0.2, -0.15) is 0 Å². The molecule has 1 atom stereocenters. The fraction of sp³-hybridized carbons (Fsp3) is 0.167. The molecule has 3 aromatic rings. The van der Waals surface area contributed by atoms with Gasteiger partial charge < -0.3 is 10.6 Å². The third kappa shape index (κ3) is 4.35. The summed E-state index contributed by atoms with van der Waals surface area (Å²) in [5.74, 6) is 0.492. The molecule has 2 N–H and O–H groups in total. The molecule has 3 rings (SSSR count). The average Bonchev–Trinajstić information content (AvgIpc) is 2.98. The molecule has 7 heteroatoms. The normalized spacial score (nSPS) is 11.8. The summed E-state index contributed by atoms with van der Waals surface area (Å²) >= 11 is 7.12. The van der Waals surface area contributed by atoms with Gasteiger partial charge >= 0.3 is 0 Å². The molecule has 5 nitrogen and oxygen atoms in total. The van der Waals surface area contributed by atoms with Crippen LogP contribution in [0.3, 0.4) is 0 Å². The Balaban J connectivity index is 1.71. The standard InChI is InChI=1S/C18H17ClN4OS/c1-11(13-6-4-3-5-7-13)21-17(24)16-12(2)22-18(25-16)23-15-9-8-14(19)10-20-15/h3-11H,1-2H3,(H,21,24)(H,20,22,23)/t11-/m0/s1. The number of hydrogen-bond donors (Lipinski definition) is 2. The highest BCUT2D eigenvalue weighted by Gasteiger charge is 2.18. The Kier molecular flexibility index (Phi) is 5.31. The first-order valence-corrected chi connectivity index (χ1v) is 8.94. The number of halogens is 1. The van der Waals surface area contributed by atoms with Crippen LogP contribution in [-0.4, -0.2) is 15.9 Å². The zero-order valence-corrected chi connectivity index (χ0v) is 15.4. The maximum absolute atomic E-state index is 12.6. The largest absolute Gasteiger partial charge is 0.345 e. The van der Waals surface area contributed by atoms with Gasteiger partial charge in [-0.1, -0.05) is 53.3 Å². The Morgan fingerprint density at radius 3 is 2.64 bits per heavy atom. The Labute approximate surface area is 155 Å². The fourth-order valence-electron chi connectivity index (χ4n) is 2.31. The molecule has 0 aliphatic heterocycles. The minimum Gasteiger partial charge on any atom is -0.345 e. The van der Waals surface area contributed by atoms with E-state index in [4.69, 9.17) is 11.6 Å². The van der Waals surface area contributed by atoms with E-state index < -0.39 is 0 Å². The van der Waals surface area contributed by atoms with Gasteiger partial charge in [0.2, 0.25) is 0 Å². The first-order valence-electron chi connectivity index (χ1n) is 7.75. The number of carbonyl (C=O) groups is 1. The van der Waals surface area contributed by atoms with Crippen molar-refractivity contribution in [2.45, 2.75) is 19.9 Å². The molecule has 0 bridgehead atoms. The number of aryl methyl sites for hydroxylation is 1. The lowest BCUT2D eigenvalue weighted by molar-refractivity contribution is 0.0943. The van der Waals surface area contributed by atoms with Crippen LogP contribution < -0.4 is 10.6 Å². The predicted octanol–water partition coefficient (Wildman–Crippen LogP) is 4.73. The average molecular weight is 373 g/mol. The third-order valence-electron chi connectivity index (χ3n) is 3.61. The van der Waals surface area contributed by atoms with E-state index in [-0.39, 0.29) is 11.9 Å². The van der Waals surface area contributed by atoms with Crippen LogP contribution in [0.5, 0.6) is 0 Å². The highest BCUT2D eigenvalue weighted by Crippen LogP contribution is 2.26. The first kappa shape index (κ1) is 17.4. The van der Waals surface area contributed by atoms with Gasteiger partial charge in [0, 0.05) is 6.20 Å². The second-order valence-electron chi connectivity index (χ2n) is 5.53. The van der Waals surface area contributed by atoms with Crippen molar-refractivity contribution in [1.82, 2.24) is 15.3 Å². The summed E-state index contributed by atoms with van der Waals surface area (Å²) in [6.07, 6.45) is 1.56. The van der Waals surface area contributed by atoms with E-state index in [9.17, 15) is 4.79 Å². The van der Waals surface area contributed by atoms with Crippen molar-refractivity contribution < 1.29 is 4.79 Å². The van der Waals surface area contributed by atoms with Gasteiger partial charge in [0.15, 0.2) is 5.13 Å². The number of aromatic nitrogens is 2.